The van der Waals surface area contributed by atoms with Crippen molar-refractivity contribution >= 4 is 29.5 Å². The zero-order chi connectivity index (χ0) is 16.2. The fraction of sp³-hybridized carbons (Fsp3) is 0.143. The van der Waals surface area contributed by atoms with Gasteiger partial charge in [0.2, 0.25) is 0 Å². The van der Waals surface area contributed by atoms with Gasteiger partial charge in [0.25, 0.3) is 0 Å². The third kappa shape index (κ3) is 3.30. The van der Waals surface area contributed by atoms with Gasteiger partial charge >= 0.3 is 0 Å². The summed E-state index contributed by atoms with van der Waals surface area (Å²) in [6.45, 7) is 2.23. The van der Waals surface area contributed by atoms with E-state index in [1.54, 1.807) is 0 Å². The van der Waals surface area contributed by atoms with Crippen LogP contribution in [0.4, 0.5) is 5.69 Å². The van der Waals surface area contributed by atoms with Gasteiger partial charge in [-0.15, -0.1) is 0 Å². The number of anilines is 1. The van der Waals surface area contributed by atoms with Gasteiger partial charge in [0.1, 0.15) is 0 Å². The predicted octanol–water partition coefficient (Wildman–Crippen LogP) is 3.82. The standard InChI is InChI=1S/C21H22NP/c1-17-11-10-16-20(22(2)3)21(17)23(18-12-6-4-7-13-18)19-14-8-5-9-15-19/h4-16H,1-3H3. The molecule has 3 aromatic carbocycles. The average molecular weight is 319 g/mol. The van der Waals surface area contributed by atoms with Crippen LogP contribution in [-0.4, -0.2) is 14.1 Å². The summed E-state index contributed by atoms with van der Waals surface area (Å²) in [7, 11) is 3.69. The number of hydrogen-bond donors (Lipinski definition) is 0. The molecule has 0 fully saturated rings. The second-order valence-electron chi connectivity index (χ2n) is 5.84. The quantitative estimate of drug-likeness (QED) is 0.661. The lowest BCUT2D eigenvalue weighted by atomic mass is 10.2. The van der Waals surface area contributed by atoms with Crippen molar-refractivity contribution in [2.45, 2.75) is 6.92 Å². The maximum atomic E-state index is 2.25. The molecule has 3 aromatic rings. The molecule has 0 spiro atoms. The Morgan fingerprint density at radius 1 is 0.652 bits per heavy atom. The van der Waals surface area contributed by atoms with E-state index in [2.05, 4.69) is 105 Å². The number of rotatable bonds is 4. The highest BCUT2D eigenvalue weighted by Gasteiger charge is 2.21. The van der Waals surface area contributed by atoms with Gasteiger partial charge < -0.3 is 4.90 Å². The first-order valence-electron chi connectivity index (χ1n) is 7.85. The van der Waals surface area contributed by atoms with E-state index in [0.29, 0.717) is 0 Å². The van der Waals surface area contributed by atoms with E-state index in [0.717, 1.165) is 0 Å². The lowest BCUT2D eigenvalue weighted by Crippen LogP contribution is -2.27. The predicted molar refractivity (Wildman–Crippen MR) is 104 cm³/mol. The Balaban J connectivity index is 2.26. The lowest BCUT2D eigenvalue weighted by Gasteiger charge is -2.27. The van der Waals surface area contributed by atoms with Crippen LogP contribution in [0.5, 0.6) is 0 Å². The third-order valence-corrected chi connectivity index (χ3v) is 6.61. The van der Waals surface area contributed by atoms with Gasteiger partial charge in [0, 0.05) is 25.1 Å². The minimum Gasteiger partial charge on any atom is -0.377 e. The molecule has 0 amide bonds. The van der Waals surface area contributed by atoms with Crippen molar-refractivity contribution in [2.24, 2.45) is 0 Å². The summed E-state index contributed by atoms with van der Waals surface area (Å²) < 4.78 is 0. The molecule has 0 bridgehead atoms. The molecule has 0 saturated heterocycles. The van der Waals surface area contributed by atoms with E-state index in [1.165, 1.54) is 27.2 Å². The fourth-order valence-corrected chi connectivity index (χ4v) is 5.54. The summed E-state index contributed by atoms with van der Waals surface area (Å²) in [4.78, 5) is 2.23. The second kappa shape index (κ2) is 6.98. The van der Waals surface area contributed by atoms with Gasteiger partial charge in [-0.05, 0) is 37.1 Å². The maximum Gasteiger partial charge on any atom is 0.0448 e. The van der Waals surface area contributed by atoms with E-state index >= 15 is 0 Å². The molecule has 0 aromatic heterocycles. The monoisotopic (exact) mass is 319 g/mol. The van der Waals surface area contributed by atoms with Crippen LogP contribution in [0.2, 0.25) is 0 Å². The first kappa shape index (κ1) is 15.8. The molecule has 0 unspecified atom stereocenters. The Hall–Kier alpha value is -2.11. The lowest BCUT2D eigenvalue weighted by molar-refractivity contribution is 1.14. The summed E-state index contributed by atoms with van der Waals surface area (Å²) in [5.74, 6) is 0. The summed E-state index contributed by atoms with van der Waals surface area (Å²) in [6.07, 6.45) is 0. The molecule has 0 aliphatic rings. The van der Waals surface area contributed by atoms with Crippen LogP contribution >= 0.6 is 7.92 Å². The van der Waals surface area contributed by atoms with Gasteiger partial charge in [-0.25, -0.2) is 0 Å². The van der Waals surface area contributed by atoms with Crippen molar-refractivity contribution in [3.63, 3.8) is 0 Å². The number of aryl methyl sites for hydroxylation is 1. The first-order valence-corrected chi connectivity index (χ1v) is 9.20. The van der Waals surface area contributed by atoms with Crippen molar-refractivity contribution in [3.8, 4) is 0 Å². The molecule has 116 valence electrons. The minimum atomic E-state index is -0.562. The van der Waals surface area contributed by atoms with E-state index in [-0.39, 0.29) is 0 Å². The molecule has 2 heteroatoms. The SMILES string of the molecule is Cc1cccc(N(C)C)c1P(c1ccccc1)c1ccccc1. The maximum absolute atomic E-state index is 2.25. The zero-order valence-corrected chi connectivity index (χ0v) is 14.8. The number of benzene rings is 3. The van der Waals surface area contributed by atoms with Crippen molar-refractivity contribution in [1.29, 1.82) is 0 Å². The molecule has 0 saturated carbocycles. The summed E-state index contributed by atoms with van der Waals surface area (Å²) in [5, 5.41) is 4.24. The highest BCUT2D eigenvalue weighted by Crippen LogP contribution is 2.37. The summed E-state index contributed by atoms with van der Waals surface area (Å²) in [6, 6.07) is 28.4. The molecule has 0 aliphatic carbocycles. The molecule has 0 N–H and O–H groups in total. The van der Waals surface area contributed by atoms with Crippen LogP contribution in [0.1, 0.15) is 5.56 Å². The molecule has 1 nitrogen and oxygen atoms in total. The molecule has 0 atom stereocenters. The molecule has 3 rings (SSSR count). The Morgan fingerprint density at radius 2 is 1.17 bits per heavy atom. The Kier molecular flexibility index (Phi) is 4.79. The number of nitrogens with zero attached hydrogens (tertiary/aromatic N) is 1. The Bertz CT molecular complexity index is 727. The minimum absolute atomic E-state index is 0.562. The Morgan fingerprint density at radius 3 is 1.65 bits per heavy atom. The summed E-state index contributed by atoms with van der Waals surface area (Å²) in [5.41, 5.74) is 2.67. The van der Waals surface area contributed by atoms with E-state index in [4.69, 9.17) is 0 Å². The van der Waals surface area contributed by atoms with Crippen LogP contribution in [0, 0.1) is 6.92 Å². The van der Waals surface area contributed by atoms with Crippen molar-refractivity contribution in [1.82, 2.24) is 0 Å². The molecule has 0 aliphatic heterocycles. The molecular weight excluding hydrogens is 297 g/mol. The topological polar surface area (TPSA) is 3.24 Å². The van der Waals surface area contributed by atoms with Crippen molar-refractivity contribution < 1.29 is 0 Å². The third-order valence-electron chi connectivity index (χ3n) is 3.95. The van der Waals surface area contributed by atoms with Gasteiger partial charge in [-0.2, -0.15) is 0 Å². The van der Waals surface area contributed by atoms with Crippen molar-refractivity contribution in [2.75, 3.05) is 19.0 Å². The van der Waals surface area contributed by atoms with Crippen LogP contribution in [0.15, 0.2) is 78.9 Å². The second-order valence-corrected chi connectivity index (χ2v) is 7.99. The average Bonchev–Trinajstić information content (AvgIpc) is 2.58. The van der Waals surface area contributed by atoms with Gasteiger partial charge in [0.15, 0.2) is 0 Å². The highest BCUT2D eigenvalue weighted by atomic mass is 31.1. The van der Waals surface area contributed by atoms with E-state index in [1.807, 2.05) is 0 Å². The fourth-order valence-electron chi connectivity index (χ4n) is 2.86. The molecule has 0 heterocycles. The molecule has 23 heavy (non-hydrogen) atoms. The van der Waals surface area contributed by atoms with Gasteiger partial charge in [0.05, 0.1) is 0 Å². The molecule has 0 radical (unpaired) electrons. The van der Waals surface area contributed by atoms with Crippen LogP contribution in [-0.2, 0) is 0 Å². The largest absolute Gasteiger partial charge is 0.377 e. The van der Waals surface area contributed by atoms with Crippen molar-refractivity contribution in [3.05, 3.63) is 84.4 Å². The van der Waals surface area contributed by atoms with Crippen LogP contribution in [0.25, 0.3) is 0 Å². The number of hydrogen-bond acceptors (Lipinski definition) is 1. The van der Waals surface area contributed by atoms with Gasteiger partial charge in [-0.3, -0.25) is 0 Å². The Labute approximate surface area is 140 Å². The van der Waals surface area contributed by atoms with Crippen LogP contribution in [0.3, 0.4) is 0 Å². The normalized spacial score (nSPS) is 10.8. The first-order chi connectivity index (χ1) is 11.2. The molecular formula is C21H22NP. The van der Waals surface area contributed by atoms with E-state index < -0.39 is 7.92 Å². The van der Waals surface area contributed by atoms with Gasteiger partial charge in [-0.1, -0.05) is 72.8 Å². The summed E-state index contributed by atoms with van der Waals surface area (Å²) >= 11 is 0. The van der Waals surface area contributed by atoms with Crippen LogP contribution < -0.4 is 20.8 Å². The zero-order valence-electron chi connectivity index (χ0n) is 13.9. The smallest absolute Gasteiger partial charge is 0.0448 e. The highest BCUT2D eigenvalue weighted by molar-refractivity contribution is 7.80. The van der Waals surface area contributed by atoms with E-state index in [9.17, 15) is 0 Å².